The Hall–Kier alpha value is -0.850. The molecule has 0 bridgehead atoms. The lowest BCUT2D eigenvalue weighted by molar-refractivity contribution is 1.29. The van der Waals surface area contributed by atoms with Crippen LogP contribution in [0.3, 0.4) is 0 Å². The van der Waals surface area contributed by atoms with E-state index in [1.54, 1.807) is 6.21 Å². The fourth-order valence-corrected chi connectivity index (χ4v) is 0.287. The molecule has 0 N–H and O–H groups in total. The highest BCUT2D eigenvalue weighted by Crippen LogP contribution is 1.92. The van der Waals surface area contributed by atoms with Crippen molar-refractivity contribution < 1.29 is 0 Å². The summed E-state index contributed by atoms with van der Waals surface area (Å²) >= 11 is 0. The molecular weight excluding hydrogens is 134 g/mol. The molecule has 0 aliphatic rings. The van der Waals surface area contributed by atoms with Crippen LogP contribution in [0.1, 0.15) is 34.6 Å². The highest BCUT2D eigenvalue weighted by Gasteiger charge is 1.76. The first kappa shape index (κ1) is 12.8. The smallest absolute Gasteiger partial charge is 0.0330 e. The number of aliphatic imine (C=N–C) groups is 1. The van der Waals surface area contributed by atoms with Gasteiger partial charge in [-0.05, 0) is 26.3 Å². The number of rotatable bonds is 2. The summed E-state index contributed by atoms with van der Waals surface area (Å²) in [6.45, 7) is 13.5. The van der Waals surface area contributed by atoms with Gasteiger partial charge in [0.25, 0.3) is 0 Å². The maximum Gasteiger partial charge on any atom is 0.0330 e. The molecule has 0 aliphatic heterocycles. The molecule has 0 heterocycles. The topological polar surface area (TPSA) is 12.4 Å². The van der Waals surface area contributed by atoms with E-state index in [9.17, 15) is 0 Å². The summed E-state index contributed by atoms with van der Waals surface area (Å²) < 4.78 is 0. The third-order valence-corrected chi connectivity index (χ3v) is 0.906. The highest BCUT2D eigenvalue weighted by atomic mass is 14.7. The molecule has 0 spiro atoms. The van der Waals surface area contributed by atoms with E-state index in [0.717, 1.165) is 11.3 Å². The van der Waals surface area contributed by atoms with Gasteiger partial charge in [0.2, 0.25) is 0 Å². The minimum Gasteiger partial charge on any atom is -0.262 e. The number of hydrogen-bond acceptors (Lipinski definition) is 1. The van der Waals surface area contributed by atoms with Crippen LogP contribution in [0.5, 0.6) is 0 Å². The fourth-order valence-electron chi connectivity index (χ4n) is 0.287. The Morgan fingerprint density at radius 3 is 2.00 bits per heavy atom. The van der Waals surface area contributed by atoms with E-state index in [-0.39, 0.29) is 0 Å². The maximum atomic E-state index is 4.08. The van der Waals surface area contributed by atoms with Crippen molar-refractivity contribution in [1.82, 2.24) is 0 Å². The molecule has 0 aromatic rings. The summed E-state index contributed by atoms with van der Waals surface area (Å²) in [7, 11) is 0. The van der Waals surface area contributed by atoms with Gasteiger partial charge in [-0.1, -0.05) is 26.5 Å². The molecule has 0 aromatic carbocycles. The summed E-state index contributed by atoms with van der Waals surface area (Å²) in [4.78, 5) is 4.08. The van der Waals surface area contributed by atoms with E-state index in [1.165, 1.54) is 0 Å². The van der Waals surface area contributed by atoms with Crippen molar-refractivity contribution in [3.63, 3.8) is 0 Å². The normalized spacial score (nSPS) is 10.8. The minimum absolute atomic E-state index is 0.983. The third kappa shape index (κ3) is 12.4. The van der Waals surface area contributed by atoms with Gasteiger partial charge < -0.3 is 0 Å². The van der Waals surface area contributed by atoms with Crippen LogP contribution in [-0.4, -0.2) is 6.21 Å². The first-order valence-electron chi connectivity index (χ1n) is 3.99. The summed E-state index contributed by atoms with van der Waals surface area (Å²) in [6.07, 6.45) is 3.72. The van der Waals surface area contributed by atoms with E-state index in [2.05, 4.69) is 11.6 Å². The Bertz CT molecular complexity index is 152. The van der Waals surface area contributed by atoms with Crippen LogP contribution < -0.4 is 0 Å². The predicted molar refractivity (Wildman–Crippen MR) is 54.1 cm³/mol. The van der Waals surface area contributed by atoms with Crippen LogP contribution in [0.4, 0.5) is 0 Å². The Morgan fingerprint density at radius 1 is 1.27 bits per heavy atom. The van der Waals surface area contributed by atoms with Crippen molar-refractivity contribution in [3.05, 3.63) is 23.9 Å². The van der Waals surface area contributed by atoms with Crippen molar-refractivity contribution in [2.75, 3.05) is 0 Å². The monoisotopic (exact) mass is 153 g/mol. The second-order valence-corrected chi connectivity index (χ2v) is 2.03. The molecule has 0 unspecified atom stereocenters. The van der Waals surface area contributed by atoms with Crippen LogP contribution in [0, 0.1) is 0 Å². The van der Waals surface area contributed by atoms with Gasteiger partial charge >= 0.3 is 0 Å². The first-order chi connectivity index (χ1) is 5.16. The standard InChI is InChI=1S/C8H13N.C2H6/c1-5-8(4)9-6-7(2)3;1-2/h5-6H,2H2,1,3-4H3;1-2H3/b8-5-,9-6?;. The van der Waals surface area contributed by atoms with Gasteiger partial charge in [-0.25, -0.2) is 0 Å². The zero-order valence-electron chi connectivity index (χ0n) is 8.31. The van der Waals surface area contributed by atoms with E-state index in [1.807, 2.05) is 40.7 Å². The average molecular weight is 153 g/mol. The quantitative estimate of drug-likeness (QED) is 0.538. The molecule has 0 rings (SSSR count). The van der Waals surface area contributed by atoms with Crippen LogP contribution in [0.2, 0.25) is 0 Å². The van der Waals surface area contributed by atoms with E-state index >= 15 is 0 Å². The Balaban J connectivity index is 0. The van der Waals surface area contributed by atoms with Gasteiger partial charge in [-0.3, -0.25) is 4.99 Å². The second-order valence-electron chi connectivity index (χ2n) is 2.03. The molecule has 11 heavy (non-hydrogen) atoms. The average Bonchev–Trinajstić information content (AvgIpc) is 2.04. The lowest BCUT2D eigenvalue weighted by Crippen LogP contribution is -1.74. The van der Waals surface area contributed by atoms with Gasteiger partial charge in [-0.2, -0.15) is 0 Å². The Labute approximate surface area is 70.5 Å². The molecule has 0 saturated heterocycles. The highest BCUT2D eigenvalue weighted by molar-refractivity contribution is 5.77. The molecule has 0 atom stereocenters. The predicted octanol–water partition coefficient (Wildman–Crippen LogP) is 3.58. The SMILES string of the molecule is C=C(C)C=N/C(C)=C\C.CC. The number of allylic oxidation sites excluding steroid dienone is 3. The molecule has 1 heteroatoms. The summed E-state index contributed by atoms with van der Waals surface area (Å²) in [6, 6.07) is 0. The van der Waals surface area contributed by atoms with Crippen molar-refractivity contribution in [2.24, 2.45) is 4.99 Å². The largest absolute Gasteiger partial charge is 0.262 e. The molecule has 64 valence electrons. The van der Waals surface area contributed by atoms with E-state index in [0.29, 0.717) is 0 Å². The number of nitrogens with zero attached hydrogens (tertiary/aromatic N) is 1. The summed E-state index contributed by atoms with van der Waals surface area (Å²) in [5, 5.41) is 0. The second kappa shape index (κ2) is 9.15. The molecule has 0 aromatic heterocycles. The van der Waals surface area contributed by atoms with Crippen LogP contribution in [-0.2, 0) is 0 Å². The zero-order valence-corrected chi connectivity index (χ0v) is 8.31. The van der Waals surface area contributed by atoms with Gasteiger partial charge in [0, 0.05) is 11.9 Å². The van der Waals surface area contributed by atoms with E-state index in [4.69, 9.17) is 0 Å². The summed E-state index contributed by atoms with van der Waals surface area (Å²) in [5.74, 6) is 0. The van der Waals surface area contributed by atoms with Crippen LogP contribution in [0.25, 0.3) is 0 Å². The minimum atomic E-state index is 0.983. The van der Waals surface area contributed by atoms with Crippen LogP contribution in [0.15, 0.2) is 28.9 Å². The lowest BCUT2D eigenvalue weighted by atomic mass is 10.4. The molecule has 0 aliphatic carbocycles. The van der Waals surface area contributed by atoms with Crippen LogP contribution >= 0.6 is 0 Å². The van der Waals surface area contributed by atoms with Crippen molar-refractivity contribution in [3.8, 4) is 0 Å². The Morgan fingerprint density at radius 2 is 1.73 bits per heavy atom. The van der Waals surface area contributed by atoms with Gasteiger partial charge in [0.05, 0.1) is 0 Å². The molecule has 0 radical (unpaired) electrons. The van der Waals surface area contributed by atoms with E-state index < -0.39 is 0 Å². The van der Waals surface area contributed by atoms with Crippen molar-refractivity contribution in [1.29, 1.82) is 0 Å². The molecule has 0 fully saturated rings. The molecule has 0 amide bonds. The maximum absolute atomic E-state index is 4.08. The van der Waals surface area contributed by atoms with Gasteiger partial charge in [0.1, 0.15) is 0 Å². The number of hydrogen-bond donors (Lipinski definition) is 0. The third-order valence-electron chi connectivity index (χ3n) is 0.906. The lowest BCUT2D eigenvalue weighted by Gasteiger charge is -1.87. The zero-order chi connectivity index (χ0) is 9.28. The van der Waals surface area contributed by atoms with Crippen molar-refractivity contribution in [2.45, 2.75) is 34.6 Å². The van der Waals surface area contributed by atoms with Gasteiger partial charge in [0.15, 0.2) is 0 Å². The first-order valence-corrected chi connectivity index (χ1v) is 3.99. The van der Waals surface area contributed by atoms with Crippen molar-refractivity contribution >= 4 is 6.21 Å². The van der Waals surface area contributed by atoms with Gasteiger partial charge in [-0.15, -0.1) is 0 Å². The molecule has 0 saturated carbocycles. The molecule has 1 nitrogen and oxygen atoms in total. The summed E-state index contributed by atoms with van der Waals surface area (Å²) in [5.41, 5.74) is 2.01. The fraction of sp³-hybridized carbons (Fsp3) is 0.500. The molecular formula is C10H19N. The Kier molecular flexibility index (Phi) is 10.6.